The number of nitrogens with zero attached hydrogens (tertiary/aromatic N) is 2. The van der Waals surface area contributed by atoms with Crippen molar-refractivity contribution in [3.63, 3.8) is 0 Å². The third kappa shape index (κ3) is 2.80. The van der Waals surface area contributed by atoms with Crippen molar-refractivity contribution in [1.82, 2.24) is 9.55 Å². The molecular formula is C16H15N3O4. The standard InChI is InChI=1S/C16H15N3O4/c1-10(15(20)18-11-7-8-14(22-2)17-9-11)19-12-5-3-4-6-13(12)23-16(19)21/h3-10H,1-2H3,(H,18,20). The Balaban J connectivity index is 1.86. The van der Waals surface area contributed by atoms with Gasteiger partial charge in [0.05, 0.1) is 24.5 Å². The van der Waals surface area contributed by atoms with Gasteiger partial charge in [0, 0.05) is 6.07 Å². The van der Waals surface area contributed by atoms with Crippen molar-refractivity contribution in [3.05, 3.63) is 53.1 Å². The molecule has 0 spiro atoms. The predicted molar refractivity (Wildman–Crippen MR) is 84.6 cm³/mol. The van der Waals surface area contributed by atoms with Crippen molar-refractivity contribution < 1.29 is 13.9 Å². The van der Waals surface area contributed by atoms with Gasteiger partial charge in [0.15, 0.2) is 5.58 Å². The smallest absolute Gasteiger partial charge is 0.420 e. The van der Waals surface area contributed by atoms with Crippen LogP contribution in [0.3, 0.4) is 0 Å². The van der Waals surface area contributed by atoms with Crippen molar-refractivity contribution in [2.45, 2.75) is 13.0 Å². The number of carbonyl (C=O) groups excluding carboxylic acids is 1. The summed E-state index contributed by atoms with van der Waals surface area (Å²) in [7, 11) is 1.51. The number of para-hydroxylation sites is 2. The molecule has 3 rings (SSSR count). The van der Waals surface area contributed by atoms with Crippen molar-refractivity contribution in [3.8, 4) is 5.88 Å². The summed E-state index contributed by atoms with van der Waals surface area (Å²) in [6.07, 6.45) is 1.49. The molecule has 1 aromatic carbocycles. The van der Waals surface area contributed by atoms with Crippen molar-refractivity contribution >= 4 is 22.7 Å². The van der Waals surface area contributed by atoms with Gasteiger partial charge in [-0.3, -0.25) is 9.36 Å². The van der Waals surface area contributed by atoms with Crippen molar-refractivity contribution in [2.24, 2.45) is 0 Å². The first kappa shape index (κ1) is 14.8. The third-order valence-electron chi connectivity index (χ3n) is 3.50. The van der Waals surface area contributed by atoms with Crippen LogP contribution < -0.4 is 15.8 Å². The molecule has 0 fully saturated rings. The van der Waals surface area contributed by atoms with E-state index in [1.807, 2.05) is 0 Å². The van der Waals surface area contributed by atoms with Gasteiger partial charge in [-0.1, -0.05) is 12.1 Å². The number of fused-ring (bicyclic) bond motifs is 1. The molecule has 7 nitrogen and oxygen atoms in total. The summed E-state index contributed by atoms with van der Waals surface area (Å²) in [5, 5.41) is 2.71. The number of hydrogen-bond acceptors (Lipinski definition) is 5. The maximum absolute atomic E-state index is 12.4. The molecule has 0 aliphatic carbocycles. The highest BCUT2D eigenvalue weighted by Crippen LogP contribution is 2.18. The molecule has 1 atom stereocenters. The summed E-state index contributed by atoms with van der Waals surface area (Å²) in [5.74, 6) is -0.458. The second-order valence-electron chi connectivity index (χ2n) is 4.96. The third-order valence-corrected chi connectivity index (χ3v) is 3.50. The Morgan fingerprint density at radius 1 is 1.30 bits per heavy atom. The number of nitrogens with one attached hydrogen (secondary N) is 1. The van der Waals surface area contributed by atoms with Crippen LogP contribution in [0.4, 0.5) is 5.69 Å². The summed E-state index contributed by atoms with van der Waals surface area (Å²) in [4.78, 5) is 28.4. The van der Waals surface area contributed by atoms with Crippen LogP contribution >= 0.6 is 0 Å². The molecule has 2 heterocycles. The highest BCUT2D eigenvalue weighted by Gasteiger charge is 2.21. The van der Waals surface area contributed by atoms with Crippen LogP contribution in [0.25, 0.3) is 11.1 Å². The van der Waals surface area contributed by atoms with E-state index in [1.165, 1.54) is 17.9 Å². The number of aromatic nitrogens is 2. The first-order valence-electron chi connectivity index (χ1n) is 7.01. The van der Waals surface area contributed by atoms with Crippen LogP contribution in [0, 0.1) is 0 Å². The first-order chi connectivity index (χ1) is 11.1. The van der Waals surface area contributed by atoms with Gasteiger partial charge in [-0.25, -0.2) is 9.78 Å². The normalized spacial score (nSPS) is 12.1. The molecule has 7 heteroatoms. The van der Waals surface area contributed by atoms with E-state index in [1.54, 1.807) is 43.3 Å². The first-order valence-corrected chi connectivity index (χ1v) is 7.01. The number of hydrogen-bond donors (Lipinski definition) is 1. The van der Waals surface area contributed by atoms with Gasteiger partial charge < -0.3 is 14.5 Å². The zero-order valence-electron chi connectivity index (χ0n) is 12.6. The van der Waals surface area contributed by atoms with Crippen molar-refractivity contribution in [2.75, 3.05) is 12.4 Å². The number of methoxy groups -OCH3 is 1. The van der Waals surface area contributed by atoms with E-state index < -0.39 is 11.8 Å². The molecule has 3 aromatic rings. The summed E-state index contributed by atoms with van der Waals surface area (Å²) in [6.45, 7) is 1.63. The average molecular weight is 313 g/mol. The summed E-state index contributed by atoms with van der Waals surface area (Å²) < 4.78 is 11.4. The quantitative estimate of drug-likeness (QED) is 0.798. The second kappa shape index (κ2) is 5.96. The highest BCUT2D eigenvalue weighted by molar-refractivity contribution is 5.94. The van der Waals surface area contributed by atoms with Crippen LogP contribution in [0.1, 0.15) is 13.0 Å². The number of rotatable bonds is 4. The predicted octanol–water partition coefficient (Wildman–Crippen LogP) is 2.20. The average Bonchev–Trinajstić information content (AvgIpc) is 2.90. The summed E-state index contributed by atoms with van der Waals surface area (Å²) >= 11 is 0. The van der Waals surface area contributed by atoms with Gasteiger partial charge in [0.25, 0.3) is 0 Å². The summed E-state index contributed by atoms with van der Waals surface area (Å²) in [6, 6.07) is 9.56. The highest BCUT2D eigenvalue weighted by atomic mass is 16.5. The zero-order chi connectivity index (χ0) is 16.4. The number of anilines is 1. The van der Waals surface area contributed by atoms with Crippen LogP contribution in [-0.2, 0) is 4.79 Å². The molecule has 2 aromatic heterocycles. The van der Waals surface area contributed by atoms with E-state index in [2.05, 4.69) is 10.3 Å². The number of pyridine rings is 1. The molecule has 0 bridgehead atoms. The number of amides is 1. The maximum atomic E-state index is 12.4. The van der Waals surface area contributed by atoms with Gasteiger partial charge in [-0.05, 0) is 25.1 Å². The van der Waals surface area contributed by atoms with Crippen molar-refractivity contribution in [1.29, 1.82) is 0 Å². The van der Waals surface area contributed by atoms with E-state index in [9.17, 15) is 9.59 Å². The van der Waals surface area contributed by atoms with E-state index in [4.69, 9.17) is 9.15 Å². The lowest BCUT2D eigenvalue weighted by atomic mass is 10.2. The molecule has 1 amide bonds. The minimum Gasteiger partial charge on any atom is -0.481 e. The van der Waals surface area contributed by atoms with E-state index >= 15 is 0 Å². The fourth-order valence-electron chi connectivity index (χ4n) is 2.29. The van der Waals surface area contributed by atoms with E-state index in [0.29, 0.717) is 22.7 Å². The van der Waals surface area contributed by atoms with E-state index in [-0.39, 0.29) is 5.91 Å². The molecule has 0 radical (unpaired) electrons. The van der Waals surface area contributed by atoms with Crippen LogP contribution in [0.2, 0.25) is 0 Å². The van der Waals surface area contributed by atoms with Gasteiger partial charge in [-0.2, -0.15) is 0 Å². The number of carbonyl (C=O) groups is 1. The lowest BCUT2D eigenvalue weighted by Gasteiger charge is -2.13. The van der Waals surface area contributed by atoms with Crippen LogP contribution in [0.5, 0.6) is 5.88 Å². The zero-order valence-corrected chi connectivity index (χ0v) is 12.6. The number of ether oxygens (including phenoxy) is 1. The monoisotopic (exact) mass is 313 g/mol. The fraction of sp³-hybridized carbons (Fsp3) is 0.188. The lowest BCUT2D eigenvalue weighted by Crippen LogP contribution is -2.29. The van der Waals surface area contributed by atoms with Crippen LogP contribution in [-0.4, -0.2) is 22.6 Å². The Bertz CT molecular complexity index is 896. The summed E-state index contributed by atoms with van der Waals surface area (Å²) in [5.41, 5.74) is 1.54. The van der Waals surface area contributed by atoms with Gasteiger partial charge in [0.2, 0.25) is 11.8 Å². The SMILES string of the molecule is COc1ccc(NC(=O)C(C)n2c(=O)oc3ccccc32)cn1. The molecule has 0 saturated heterocycles. The van der Waals surface area contributed by atoms with Gasteiger partial charge in [0.1, 0.15) is 6.04 Å². The minimum absolute atomic E-state index is 0.342. The topological polar surface area (TPSA) is 86.4 Å². The Morgan fingerprint density at radius 3 is 2.78 bits per heavy atom. The molecule has 118 valence electrons. The molecular weight excluding hydrogens is 298 g/mol. The molecule has 0 aliphatic rings. The Kier molecular flexibility index (Phi) is 3.84. The molecule has 0 saturated carbocycles. The number of benzene rings is 1. The largest absolute Gasteiger partial charge is 0.481 e. The Labute approximate surface area is 131 Å². The van der Waals surface area contributed by atoms with E-state index in [0.717, 1.165) is 0 Å². The molecule has 1 N–H and O–H groups in total. The molecule has 1 unspecified atom stereocenters. The van der Waals surface area contributed by atoms with Crippen LogP contribution in [0.15, 0.2) is 51.8 Å². The lowest BCUT2D eigenvalue weighted by molar-refractivity contribution is -0.118. The maximum Gasteiger partial charge on any atom is 0.420 e. The molecule has 0 aliphatic heterocycles. The fourth-order valence-corrected chi connectivity index (χ4v) is 2.29. The van der Waals surface area contributed by atoms with Gasteiger partial charge >= 0.3 is 5.76 Å². The second-order valence-corrected chi connectivity index (χ2v) is 4.96. The molecule has 23 heavy (non-hydrogen) atoms. The Hall–Kier alpha value is -3.09. The number of oxazole rings is 1. The van der Waals surface area contributed by atoms with Gasteiger partial charge in [-0.15, -0.1) is 0 Å². The Morgan fingerprint density at radius 2 is 2.09 bits per heavy atom. The minimum atomic E-state index is -0.728.